The van der Waals surface area contributed by atoms with E-state index in [0.29, 0.717) is 12.6 Å². The zero-order chi connectivity index (χ0) is 16.6. The van der Waals surface area contributed by atoms with E-state index in [-0.39, 0.29) is 0 Å². The van der Waals surface area contributed by atoms with Crippen molar-refractivity contribution in [2.24, 2.45) is 5.92 Å². The maximum absolute atomic E-state index is 5.97. The Bertz CT molecular complexity index is 593. The van der Waals surface area contributed by atoms with Crippen LogP contribution in [-0.4, -0.2) is 11.0 Å². The summed E-state index contributed by atoms with van der Waals surface area (Å²) in [6.07, 6.45) is 10.2. The van der Waals surface area contributed by atoms with E-state index in [4.69, 9.17) is 4.74 Å². The van der Waals surface area contributed by atoms with Crippen LogP contribution in [0.2, 0.25) is 0 Å². The highest BCUT2D eigenvalue weighted by molar-refractivity contribution is 7.09. The molecule has 1 atom stereocenters. The van der Waals surface area contributed by atoms with Gasteiger partial charge in [0, 0.05) is 29.7 Å². The van der Waals surface area contributed by atoms with Gasteiger partial charge in [-0.15, -0.1) is 11.3 Å². The molecule has 1 aliphatic rings. The molecule has 4 heteroatoms. The van der Waals surface area contributed by atoms with Crippen LogP contribution in [0.4, 0.5) is 0 Å². The molecule has 2 aromatic rings. The van der Waals surface area contributed by atoms with Gasteiger partial charge < -0.3 is 10.1 Å². The van der Waals surface area contributed by atoms with Gasteiger partial charge in [-0.25, -0.2) is 4.98 Å². The molecule has 24 heavy (non-hydrogen) atoms. The normalized spacial score (nSPS) is 16.9. The van der Waals surface area contributed by atoms with Crippen LogP contribution in [0.1, 0.15) is 56.0 Å². The molecule has 3 nitrogen and oxygen atoms in total. The van der Waals surface area contributed by atoms with Crippen LogP contribution in [-0.2, 0) is 13.2 Å². The summed E-state index contributed by atoms with van der Waals surface area (Å²) in [5.74, 6) is 1.88. The number of benzene rings is 1. The second-order valence-corrected chi connectivity index (χ2v) is 7.82. The maximum Gasteiger partial charge on any atom is 0.140 e. The number of ether oxygens (including phenoxy) is 1. The van der Waals surface area contributed by atoms with Crippen molar-refractivity contribution < 1.29 is 4.74 Å². The Labute approximate surface area is 149 Å². The number of hydrogen-bond acceptors (Lipinski definition) is 4. The summed E-state index contributed by atoms with van der Waals surface area (Å²) in [6, 6.07) is 8.87. The van der Waals surface area contributed by atoms with Crippen molar-refractivity contribution in [3.05, 3.63) is 46.4 Å². The van der Waals surface area contributed by atoms with Gasteiger partial charge in [-0.05, 0) is 25.3 Å². The lowest BCUT2D eigenvalue weighted by Gasteiger charge is -2.25. The number of hydrogen-bond donors (Lipinski definition) is 1. The van der Waals surface area contributed by atoms with Crippen LogP contribution >= 0.6 is 11.3 Å². The Hall–Kier alpha value is -1.39. The molecular weight excluding hydrogens is 316 g/mol. The van der Waals surface area contributed by atoms with Gasteiger partial charge in [0.25, 0.3) is 0 Å². The molecule has 130 valence electrons. The van der Waals surface area contributed by atoms with Crippen molar-refractivity contribution >= 4 is 11.3 Å². The van der Waals surface area contributed by atoms with Gasteiger partial charge >= 0.3 is 0 Å². The quantitative estimate of drug-likeness (QED) is 0.717. The fraction of sp³-hybridized carbons (Fsp3) is 0.550. The first kappa shape index (κ1) is 17.4. The number of thiazole rings is 1. The number of para-hydroxylation sites is 1. The number of aromatic nitrogens is 1. The van der Waals surface area contributed by atoms with Crippen molar-refractivity contribution in [2.45, 2.75) is 64.6 Å². The Morgan fingerprint density at radius 2 is 2.08 bits per heavy atom. The van der Waals surface area contributed by atoms with Crippen molar-refractivity contribution in [3.8, 4) is 5.75 Å². The lowest BCUT2D eigenvalue weighted by Crippen LogP contribution is -2.28. The lowest BCUT2D eigenvalue weighted by molar-refractivity contribution is 0.294. The molecule has 0 spiro atoms. The topological polar surface area (TPSA) is 34.1 Å². The number of nitrogens with one attached hydrogen (secondary N) is 1. The van der Waals surface area contributed by atoms with Crippen LogP contribution in [0.15, 0.2) is 35.8 Å². The van der Waals surface area contributed by atoms with Gasteiger partial charge in [0.15, 0.2) is 0 Å². The molecule has 0 saturated heterocycles. The standard InChI is InChI=1S/C20H28N2OS/c1-16(13-17-7-3-2-4-8-17)22-14-18-9-5-6-10-19(18)23-15-20-21-11-12-24-20/h5-6,9-12,16-17,22H,2-4,7-8,13-15H2,1H3. The molecule has 1 fully saturated rings. The van der Waals surface area contributed by atoms with Crippen molar-refractivity contribution in [2.75, 3.05) is 0 Å². The number of rotatable bonds is 8. The third-order valence-corrected chi connectivity index (χ3v) is 5.61. The predicted octanol–water partition coefficient (Wildman–Crippen LogP) is 5.17. The van der Waals surface area contributed by atoms with Gasteiger partial charge in [-0.3, -0.25) is 0 Å². The minimum absolute atomic E-state index is 0.548. The molecule has 1 saturated carbocycles. The molecular formula is C20H28N2OS. The van der Waals surface area contributed by atoms with Crippen molar-refractivity contribution in [1.29, 1.82) is 0 Å². The highest BCUT2D eigenvalue weighted by atomic mass is 32.1. The molecule has 0 bridgehead atoms. The monoisotopic (exact) mass is 344 g/mol. The van der Waals surface area contributed by atoms with E-state index in [9.17, 15) is 0 Å². The van der Waals surface area contributed by atoms with Gasteiger partial charge in [-0.2, -0.15) is 0 Å². The molecule has 1 aromatic heterocycles. The Kier molecular flexibility index (Phi) is 6.67. The molecule has 0 aliphatic heterocycles. The summed E-state index contributed by atoms with van der Waals surface area (Å²) in [6.45, 7) is 3.72. The zero-order valence-corrected chi connectivity index (χ0v) is 15.4. The van der Waals surface area contributed by atoms with E-state index in [0.717, 1.165) is 23.2 Å². The average Bonchev–Trinajstić information content (AvgIpc) is 3.13. The molecule has 3 rings (SSSR count). The Morgan fingerprint density at radius 1 is 1.25 bits per heavy atom. The molecule has 1 unspecified atom stereocenters. The van der Waals surface area contributed by atoms with Crippen molar-refractivity contribution in [1.82, 2.24) is 10.3 Å². The van der Waals surface area contributed by atoms with E-state index in [1.165, 1.54) is 44.1 Å². The van der Waals surface area contributed by atoms with Crippen molar-refractivity contribution in [3.63, 3.8) is 0 Å². The second kappa shape index (κ2) is 9.19. The first-order chi connectivity index (χ1) is 11.8. The summed E-state index contributed by atoms with van der Waals surface area (Å²) >= 11 is 1.63. The highest BCUT2D eigenvalue weighted by Gasteiger charge is 2.16. The van der Waals surface area contributed by atoms with E-state index in [1.807, 2.05) is 17.6 Å². The number of nitrogens with zero attached hydrogens (tertiary/aromatic N) is 1. The van der Waals surface area contributed by atoms with Crippen LogP contribution in [0.3, 0.4) is 0 Å². The average molecular weight is 345 g/mol. The van der Waals surface area contributed by atoms with Gasteiger partial charge in [0.05, 0.1) is 0 Å². The fourth-order valence-corrected chi connectivity index (χ4v) is 4.07. The van der Waals surface area contributed by atoms with Crippen LogP contribution in [0, 0.1) is 5.92 Å². The van der Waals surface area contributed by atoms with Crippen LogP contribution < -0.4 is 10.1 Å². The summed E-state index contributed by atoms with van der Waals surface area (Å²) in [5, 5.41) is 6.69. The van der Waals surface area contributed by atoms with Crippen LogP contribution in [0.5, 0.6) is 5.75 Å². The van der Waals surface area contributed by atoms with E-state index in [2.05, 4.69) is 35.4 Å². The molecule has 1 aromatic carbocycles. The summed E-state index contributed by atoms with van der Waals surface area (Å²) in [7, 11) is 0. The minimum atomic E-state index is 0.548. The van der Waals surface area contributed by atoms with Gasteiger partial charge in [-0.1, -0.05) is 50.3 Å². The molecule has 1 aliphatic carbocycles. The highest BCUT2D eigenvalue weighted by Crippen LogP contribution is 2.27. The smallest absolute Gasteiger partial charge is 0.140 e. The summed E-state index contributed by atoms with van der Waals surface area (Å²) in [4.78, 5) is 4.28. The van der Waals surface area contributed by atoms with Crippen LogP contribution in [0.25, 0.3) is 0 Å². The minimum Gasteiger partial charge on any atom is -0.486 e. The molecule has 1 heterocycles. The fourth-order valence-electron chi connectivity index (χ4n) is 3.54. The largest absolute Gasteiger partial charge is 0.486 e. The third kappa shape index (κ3) is 5.32. The summed E-state index contributed by atoms with van der Waals surface area (Å²) < 4.78 is 5.97. The zero-order valence-electron chi connectivity index (χ0n) is 14.5. The molecule has 0 amide bonds. The summed E-state index contributed by atoms with van der Waals surface area (Å²) in [5.41, 5.74) is 1.23. The Morgan fingerprint density at radius 3 is 2.88 bits per heavy atom. The van der Waals surface area contributed by atoms with Gasteiger partial charge in [0.2, 0.25) is 0 Å². The first-order valence-corrected chi connectivity index (χ1v) is 10.0. The van der Waals surface area contributed by atoms with Gasteiger partial charge in [0.1, 0.15) is 17.4 Å². The SMILES string of the molecule is CC(CC1CCCCC1)NCc1ccccc1OCc1nccs1. The predicted molar refractivity (Wildman–Crippen MR) is 100 cm³/mol. The lowest BCUT2D eigenvalue weighted by atomic mass is 9.85. The Balaban J connectivity index is 1.49. The van der Waals surface area contributed by atoms with E-state index in [1.54, 1.807) is 11.3 Å². The van der Waals surface area contributed by atoms with E-state index >= 15 is 0 Å². The first-order valence-electron chi connectivity index (χ1n) is 9.13. The second-order valence-electron chi connectivity index (χ2n) is 6.84. The maximum atomic E-state index is 5.97. The third-order valence-electron chi connectivity index (χ3n) is 4.86. The van der Waals surface area contributed by atoms with E-state index < -0.39 is 0 Å². The molecule has 1 N–H and O–H groups in total. The molecule has 0 radical (unpaired) electrons.